The lowest BCUT2D eigenvalue weighted by Gasteiger charge is -2.35. The van der Waals surface area contributed by atoms with Crippen LogP contribution in [0.25, 0.3) is 0 Å². The van der Waals surface area contributed by atoms with E-state index in [0.717, 1.165) is 25.7 Å². The minimum Gasteiger partial charge on any atom is -0.437 e. The number of benzene rings is 1. The van der Waals surface area contributed by atoms with Gasteiger partial charge in [-0.1, -0.05) is 25.3 Å². The van der Waals surface area contributed by atoms with Crippen LogP contribution in [0.4, 0.5) is 5.69 Å². The molecule has 0 spiro atoms. The molecule has 1 aromatic carbocycles. The van der Waals surface area contributed by atoms with E-state index in [9.17, 15) is 4.79 Å². The lowest BCUT2D eigenvalue weighted by Crippen LogP contribution is -2.36. The fourth-order valence-electron chi connectivity index (χ4n) is 3.40. The van der Waals surface area contributed by atoms with Gasteiger partial charge in [0.25, 0.3) is 0 Å². The normalized spacial score (nSPS) is 16.2. The monoisotopic (exact) mass is 340 g/mol. The Morgan fingerprint density at radius 3 is 2.80 bits per heavy atom. The number of nitrogens with zero attached hydrogens (tertiary/aromatic N) is 2. The van der Waals surface area contributed by atoms with Crippen LogP contribution < -0.4 is 15.8 Å². The van der Waals surface area contributed by atoms with Gasteiger partial charge in [0.2, 0.25) is 11.8 Å². The van der Waals surface area contributed by atoms with Gasteiger partial charge in [0.15, 0.2) is 0 Å². The van der Waals surface area contributed by atoms with E-state index in [2.05, 4.69) is 15.3 Å². The highest BCUT2D eigenvalue weighted by Gasteiger charge is 2.32. The molecule has 0 saturated heterocycles. The van der Waals surface area contributed by atoms with E-state index in [-0.39, 0.29) is 11.3 Å². The molecule has 1 saturated carbocycles. The molecule has 1 fully saturated rings. The topological polar surface area (TPSA) is 90.1 Å². The Bertz CT molecular complexity index is 700. The summed E-state index contributed by atoms with van der Waals surface area (Å²) in [6.07, 6.45) is 10.8. The number of aromatic nitrogens is 2. The van der Waals surface area contributed by atoms with Gasteiger partial charge in [-0.05, 0) is 36.9 Å². The molecule has 0 radical (unpaired) electrons. The van der Waals surface area contributed by atoms with Crippen LogP contribution in [0.1, 0.15) is 38.5 Å². The number of nitrogens with two attached hydrogens (primary N) is 1. The van der Waals surface area contributed by atoms with Crippen LogP contribution in [0.2, 0.25) is 0 Å². The molecule has 3 N–H and O–H groups in total. The van der Waals surface area contributed by atoms with Crippen molar-refractivity contribution in [1.29, 1.82) is 0 Å². The van der Waals surface area contributed by atoms with Crippen molar-refractivity contribution in [3.05, 3.63) is 42.9 Å². The number of rotatable bonds is 6. The van der Waals surface area contributed by atoms with Gasteiger partial charge in [0.05, 0.1) is 6.20 Å². The summed E-state index contributed by atoms with van der Waals surface area (Å²) in [7, 11) is 0. The Morgan fingerprint density at radius 2 is 2.08 bits per heavy atom. The third-order valence-electron chi connectivity index (χ3n) is 4.76. The van der Waals surface area contributed by atoms with Crippen LogP contribution >= 0.6 is 0 Å². The van der Waals surface area contributed by atoms with Crippen LogP contribution in [-0.2, 0) is 4.79 Å². The minimum absolute atomic E-state index is 0.00371. The van der Waals surface area contributed by atoms with Crippen LogP contribution in [0.5, 0.6) is 11.6 Å². The highest BCUT2D eigenvalue weighted by Crippen LogP contribution is 2.38. The molecule has 1 aliphatic carbocycles. The SMILES string of the molecule is NCC1(CC(=O)Nc2cccc(Oc3cnccn3)c2)CCCCC1. The zero-order chi connectivity index (χ0) is 17.5. The highest BCUT2D eigenvalue weighted by molar-refractivity contribution is 5.91. The van der Waals surface area contributed by atoms with Crippen molar-refractivity contribution in [1.82, 2.24) is 9.97 Å². The molecule has 0 atom stereocenters. The first kappa shape index (κ1) is 17.4. The van der Waals surface area contributed by atoms with Gasteiger partial charge in [-0.25, -0.2) is 4.98 Å². The number of hydrogen-bond donors (Lipinski definition) is 2. The highest BCUT2D eigenvalue weighted by atomic mass is 16.5. The quantitative estimate of drug-likeness (QED) is 0.840. The fraction of sp³-hybridized carbons (Fsp3) is 0.421. The Kier molecular flexibility index (Phi) is 5.60. The molecule has 0 unspecified atom stereocenters. The Hall–Kier alpha value is -2.47. The first-order chi connectivity index (χ1) is 12.2. The zero-order valence-corrected chi connectivity index (χ0v) is 14.3. The molecule has 1 aromatic heterocycles. The van der Waals surface area contributed by atoms with Crippen molar-refractivity contribution in [2.45, 2.75) is 38.5 Å². The third-order valence-corrected chi connectivity index (χ3v) is 4.76. The smallest absolute Gasteiger partial charge is 0.237 e. The largest absolute Gasteiger partial charge is 0.437 e. The Balaban J connectivity index is 1.62. The van der Waals surface area contributed by atoms with E-state index < -0.39 is 0 Å². The molecule has 1 aliphatic rings. The number of anilines is 1. The first-order valence-corrected chi connectivity index (χ1v) is 8.73. The molecule has 1 amide bonds. The first-order valence-electron chi connectivity index (χ1n) is 8.73. The predicted molar refractivity (Wildman–Crippen MR) is 96.4 cm³/mol. The summed E-state index contributed by atoms with van der Waals surface area (Å²) in [6.45, 7) is 0.566. The maximum atomic E-state index is 12.5. The van der Waals surface area contributed by atoms with Crippen LogP contribution in [0.3, 0.4) is 0 Å². The molecule has 0 bridgehead atoms. The van der Waals surface area contributed by atoms with Crippen molar-refractivity contribution in [3.63, 3.8) is 0 Å². The number of ether oxygens (including phenoxy) is 1. The third kappa shape index (κ3) is 4.76. The van der Waals surface area contributed by atoms with Crippen molar-refractivity contribution >= 4 is 11.6 Å². The predicted octanol–water partition coefficient (Wildman–Crippen LogP) is 3.51. The van der Waals surface area contributed by atoms with Gasteiger partial charge in [0, 0.05) is 30.6 Å². The molecule has 25 heavy (non-hydrogen) atoms. The lowest BCUT2D eigenvalue weighted by atomic mass is 9.71. The number of amides is 1. The molecule has 0 aliphatic heterocycles. The summed E-state index contributed by atoms with van der Waals surface area (Å²) in [4.78, 5) is 20.5. The number of carbonyl (C=O) groups excluding carboxylic acids is 1. The maximum absolute atomic E-state index is 12.5. The van der Waals surface area contributed by atoms with Crippen molar-refractivity contribution < 1.29 is 9.53 Å². The van der Waals surface area contributed by atoms with Crippen LogP contribution in [0.15, 0.2) is 42.9 Å². The van der Waals surface area contributed by atoms with Gasteiger partial charge < -0.3 is 15.8 Å². The van der Waals surface area contributed by atoms with E-state index in [1.807, 2.05) is 18.2 Å². The second-order valence-corrected chi connectivity index (χ2v) is 6.66. The molecular formula is C19H24N4O2. The molecule has 3 rings (SSSR count). The molecular weight excluding hydrogens is 316 g/mol. The molecule has 1 heterocycles. The molecule has 6 nitrogen and oxygen atoms in total. The Morgan fingerprint density at radius 1 is 1.24 bits per heavy atom. The molecule has 6 heteroatoms. The summed E-state index contributed by atoms with van der Waals surface area (Å²) < 4.78 is 5.65. The van der Waals surface area contributed by atoms with Crippen LogP contribution in [-0.4, -0.2) is 22.4 Å². The van der Waals surface area contributed by atoms with E-state index in [1.165, 1.54) is 6.42 Å². The standard InChI is InChI=1S/C19H24N4O2/c20-14-19(7-2-1-3-8-19)12-17(24)23-15-5-4-6-16(11-15)25-18-13-21-9-10-22-18/h4-6,9-11,13H,1-3,7-8,12,14,20H2,(H,23,24). The van der Waals surface area contributed by atoms with Crippen molar-refractivity contribution in [2.24, 2.45) is 11.1 Å². The zero-order valence-electron chi connectivity index (χ0n) is 14.3. The van der Waals surface area contributed by atoms with E-state index in [4.69, 9.17) is 10.5 Å². The second-order valence-electron chi connectivity index (χ2n) is 6.66. The summed E-state index contributed by atoms with van der Waals surface area (Å²) in [5.41, 5.74) is 6.63. The summed E-state index contributed by atoms with van der Waals surface area (Å²) in [6, 6.07) is 7.27. The maximum Gasteiger partial charge on any atom is 0.237 e. The number of nitrogens with one attached hydrogen (secondary N) is 1. The van der Waals surface area contributed by atoms with E-state index in [1.54, 1.807) is 24.7 Å². The van der Waals surface area contributed by atoms with Crippen LogP contribution in [0, 0.1) is 5.41 Å². The summed E-state index contributed by atoms with van der Waals surface area (Å²) in [5, 5.41) is 2.96. The fourth-order valence-corrected chi connectivity index (χ4v) is 3.40. The van der Waals surface area contributed by atoms with E-state index in [0.29, 0.717) is 30.3 Å². The second kappa shape index (κ2) is 8.07. The van der Waals surface area contributed by atoms with Crippen molar-refractivity contribution in [2.75, 3.05) is 11.9 Å². The number of hydrogen-bond acceptors (Lipinski definition) is 5. The van der Waals surface area contributed by atoms with Gasteiger partial charge in [-0.15, -0.1) is 0 Å². The molecule has 132 valence electrons. The average Bonchev–Trinajstić information content (AvgIpc) is 2.63. The van der Waals surface area contributed by atoms with Gasteiger partial charge in [-0.2, -0.15) is 0 Å². The Labute approximate surface area is 147 Å². The minimum atomic E-state index is -0.0456. The van der Waals surface area contributed by atoms with Gasteiger partial charge in [-0.3, -0.25) is 9.78 Å². The number of carbonyl (C=O) groups is 1. The molecule has 2 aromatic rings. The summed E-state index contributed by atoms with van der Waals surface area (Å²) in [5.74, 6) is 1.02. The van der Waals surface area contributed by atoms with Gasteiger partial charge in [0.1, 0.15) is 5.75 Å². The summed E-state index contributed by atoms with van der Waals surface area (Å²) >= 11 is 0. The van der Waals surface area contributed by atoms with Crippen molar-refractivity contribution in [3.8, 4) is 11.6 Å². The van der Waals surface area contributed by atoms with E-state index >= 15 is 0 Å². The lowest BCUT2D eigenvalue weighted by molar-refractivity contribution is -0.118. The average molecular weight is 340 g/mol. The van der Waals surface area contributed by atoms with Gasteiger partial charge >= 0.3 is 0 Å².